The van der Waals surface area contributed by atoms with Crippen molar-refractivity contribution in [1.29, 1.82) is 0 Å². The first-order chi connectivity index (χ1) is 14.3. The Hall–Kier alpha value is -3.49. The van der Waals surface area contributed by atoms with Crippen LogP contribution in [0.1, 0.15) is 28.5 Å². The van der Waals surface area contributed by atoms with Gasteiger partial charge < -0.3 is 15.2 Å². The third kappa shape index (κ3) is 4.91. The molecular weight excluding hydrogens is 386 g/mol. The number of carbonyl (C=O) groups excluding carboxylic acids is 2. The molecule has 0 spiro atoms. The summed E-state index contributed by atoms with van der Waals surface area (Å²) in [5.74, 6) is -0.884. The van der Waals surface area contributed by atoms with Gasteiger partial charge in [0, 0.05) is 22.2 Å². The zero-order valence-corrected chi connectivity index (χ0v) is 16.7. The summed E-state index contributed by atoms with van der Waals surface area (Å²) in [7, 11) is 0. The van der Waals surface area contributed by atoms with Gasteiger partial charge in [0.15, 0.2) is 5.60 Å². The van der Waals surface area contributed by atoms with E-state index in [1.807, 2.05) is 37.3 Å². The maximum Gasteiger partial charge on any atom is 0.276 e. The van der Waals surface area contributed by atoms with Gasteiger partial charge in [0.2, 0.25) is 0 Å². The summed E-state index contributed by atoms with van der Waals surface area (Å²) in [6, 6.07) is 16.4. The quantitative estimate of drug-likeness (QED) is 0.350. The fraction of sp³-hybridized carbons (Fsp3) is 0.227. The van der Waals surface area contributed by atoms with E-state index < -0.39 is 17.4 Å². The van der Waals surface area contributed by atoms with E-state index in [-0.39, 0.29) is 6.54 Å². The number of rotatable bonds is 7. The number of fused-ring (bicyclic) bond motifs is 1. The molecule has 0 unspecified atom stereocenters. The molecule has 30 heavy (non-hydrogen) atoms. The fourth-order valence-electron chi connectivity index (χ4n) is 2.93. The van der Waals surface area contributed by atoms with Crippen LogP contribution < -0.4 is 15.5 Å². The van der Waals surface area contributed by atoms with Crippen molar-refractivity contribution < 1.29 is 24.6 Å². The largest absolute Gasteiger partial charge is 0.489 e. The summed E-state index contributed by atoms with van der Waals surface area (Å²) in [6.07, 6.45) is 0. The number of aliphatic hydroxyl groups is 1. The van der Waals surface area contributed by atoms with Crippen molar-refractivity contribution >= 4 is 22.7 Å². The third-order valence-electron chi connectivity index (χ3n) is 4.62. The molecule has 0 fully saturated rings. The van der Waals surface area contributed by atoms with E-state index in [2.05, 4.69) is 10.3 Å². The molecule has 2 amide bonds. The van der Waals surface area contributed by atoms with Crippen LogP contribution in [0.25, 0.3) is 10.9 Å². The number of amides is 2. The Morgan fingerprint density at radius 3 is 2.53 bits per heavy atom. The Bertz CT molecular complexity index is 1060. The number of hydroxylamine groups is 1. The fourth-order valence-corrected chi connectivity index (χ4v) is 2.93. The highest BCUT2D eigenvalue weighted by Gasteiger charge is 2.30. The maximum atomic E-state index is 12.2. The number of hydrogen-bond acceptors (Lipinski definition) is 6. The summed E-state index contributed by atoms with van der Waals surface area (Å²) in [5, 5.41) is 22.0. The predicted molar refractivity (Wildman–Crippen MR) is 110 cm³/mol. The molecule has 0 saturated heterocycles. The smallest absolute Gasteiger partial charge is 0.276 e. The maximum absolute atomic E-state index is 12.2. The van der Waals surface area contributed by atoms with Crippen LogP contribution in [0.5, 0.6) is 5.75 Å². The SMILES string of the molecule is Cc1cc(COc2ccc(C(=O)NC[C@@](C)(O)C(=O)NO)cc2)c2ccccc2n1. The molecule has 4 N–H and O–H groups in total. The number of nitrogens with zero attached hydrogens (tertiary/aromatic N) is 1. The number of nitrogens with one attached hydrogen (secondary N) is 2. The van der Waals surface area contributed by atoms with E-state index >= 15 is 0 Å². The number of carbonyl (C=O) groups is 2. The monoisotopic (exact) mass is 409 g/mol. The van der Waals surface area contributed by atoms with E-state index in [1.165, 1.54) is 12.4 Å². The van der Waals surface area contributed by atoms with Crippen molar-refractivity contribution in [3.63, 3.8) is 0 Å². The van der Waals surface area contributed by atoms with Crippen molar-refractivity contribution in [3.8, 4) is 5.75 Å². The lowest BCUT2D eigenvalue weighted by atomic mass is 10.1. The van der Waals surface area contributed by atoms with Gasteiger partial charge in [-0.3, -0.25) is 19.8 Å². The van der Waals surface area contributed by atoms with Crippen LogP contribution in [-0.4, -0.2) is 39.3 Å². The lowest BCUT2D eigenvalue weighted by Crippen LogP contribution is -2.51. The van der Waals surface area contributed by atoms with Gasteiger partial charge in [0.05, 0.1) is 12.1 Å². The van der Waals surface area contributed by atoms with E-state index in [9.17, 15) is 14.7 Å². The van der Waals surface area contributed by atoms with Crippen LogP contribution in [0.2, 0.25) is 0 Å². The van der Waals surface area contributed by atoms with E-state index in [1.54, 1.807) is 24.3 Å². The van der Waals surface area contributed by atoms with Crippen molar-refractivity contribution in [2.24, 2.45) is 0 Å². The van der Waals surface area contributed by atoms with Crippen molar-refractivity contribution in [3.05, 3.63) is 71.4 Å². The van der Waals surface area contributed by atoms with Crippen LogP contribution in [0, 0.1) is 6.92 Å². The number of hydrogen-bond donors (Lipinski definition) is 4. The highest BCUT2D eigenvalue weighted by molar-refractivity contribution is 5.95. The first-order valence-electron chi connectivity index (χ1n) is 9.33. The van der Waals surface area contributed by atoms with Crippen LogP contribution in [0.4, 0.5) is 0 Å². The Balaban J connectivity index is 1.63. The summed E-state index contributed by atoms with van der Waals surface area (Å²) in [6.45, 7) is 3.12. The number of aromatic nitrogens is 1. The molecule has 8 heteroatoms. The summed E-state index contributed by atoms with van der Waals surface area (Å²) < 4.78 is 5.87. The molecule has 1 atom stereocenters. The molecular formula is C22H23N3O5. The lowest BCUT2D eigenvalue weighted by molar-refractivity contribution is -0.146. The van der Waals surface area contributed by atoms with Gasteiger partial charge in [-0.15, -0.1) is 0 Å². The molecule has 8 nitrogen and oxygen atoms in total. The summed E-state index contributed by atoms with van der Waals surface area (Å²) in [4.78, 5) is 28.1. The average molecular weight is 409 g/mol. The molecule has 0 bridgehead atoms. The predicted octanol–water partition coefficient (Wildman–Crippen LogP) is 2.11. The van der Waals surface area contributed by atoms with E-state index in [4.69, 9.17) is 9.94 Å². The van der Waals surface area contributed by atoms with E-state index in [0.29, 0.717) is 17.9 Å². The topological polar surface area (TPSA) is 121 Å². The Kier molecular flexibility index (Phi) is 6.29. The third-order valence-corrected chi connectivity index (χ3v) is 4.62. The minimum Gasteiger partial charge on any atom is -0.489 e. The zero-order valence-electron chi connectivity index (χ0n) is 16.7. The van der Waals surface area contributed by atoms with Gasteiger partial charge in [-0.25, -0.2) is 5.48 Å². The van der Waals surface area contributed by atoms with Gasteiger partial charge in [0.1, 0.15) is 12.4 Å². The number of ether oxygens (including phenoxy) is 1. The van der Waals surface area contributed by atoms with Crippen LogP contribution in [0.15, 0.2) is 54.6 Å². The molecule has 3 rings (SSSR count). The van der Waals surface area contributed by atoms with Crippen LogP contribution in [0.3, 0.4) is 0 Å². The normalized spacial score (nSPS) is 12.8. The number of para-hydroxylation sites is 1. The summed E-state index contributed by atoms with van der Waals surface area (Å²) in [5.41, 5.74) is 2.60. The average Bonchev–Trinajstić information content (AvgIpc) is 2.75. The molecule has 3 aromatic rings. The Labute approximate surface area is 173 Å². The lowest BCUT2D eigenvalue weighted by Gasteiger charge is -2.20. The van der Waals surface area contributed by atoms with Gasteiger partial charge in [-0.2, -0.15) is 0 Å². The van der Waals surface area contributed by atoms with Crippen molar-refractivity contribution in [2.75, 3.05) is 6.54 Å². The van der Waals surface area contributed by atoms with Gasteiger partial charge >= 0.3 is 0 Å². The second-order valence-corrected chi connectivity index (χ2v) is 7.15. The highest BCUT2D eigenvalue weighted by Crippen LogP contribution is 2.21. The number of benzene rings is 2. The minimum absolute atomic E-state index is 0.341. The molecule has 1 heterocycles. The van der Waals surface area contributed by atoms with Crippen molar-refractivity contribution in [2.45, 2.75) is 26.1 Å². The number of pyridine rings is 1. The first kappa shape index (κ1) is 21.2. The summed E-state index contributed by atoms with van der Waals surface area (Å²) >= 11 is 0. The standard InChI is InChI=1S/C22H23N3O5/c1-14-11-16(18-5-3-4-6-19(18)24-14)12-30-17-9-7-15(8-10-17)20(26)23-13-22(2,28)21(27)25-29/h3-11,28-29H,12-13H2,1-2H3,(H,23,26)(H,25,27)/t22-/m1/s1. The molecule has 0 aliphatic heterocycles. The Morgan fingerprint density at radius 2 is 1.83 bits per heavy atom. The van der Waals surface area contributed by atoms with Gasteiger partial charge in [0.25, 0.3) is 11.8 Å². The molecule has 156 valence electrons. The Morgan fingerprint density at radius 1 is 1.13 bits per heavy atom. The van der Waals surface area contributed by atoms with Crippen LogP contribution >= 0.6 is 0 Å². The van der Waals surface area contributed by atoms with E-state index in [0.717, 1.165) is 22.2 Å². The minimum atomic E-state index is -1.93. The second kappa shape index (κ2) is 8.89. The molecule has 2 aromatic carbocycles. The van der Waals surface area contributed by atoms with Gasteiger partial charge in [-0.1, -0.05) is 18.2 Å². The molecule has 0 saturated carbocycles. The van der Waals surface area contributed by atoms with Crippen molar-refractivity contribution in [1.82, 2.24) is 15.8 Å². The zero-order chi connectivity index (χ0) is 21.7. The number of aryl methyl sites for hydroxylation is 1. The molecule has 0 aliphatic rings. The van der Waals surface area contributed by atoms with Crippen LogP contribution in [-0.2, 0) is 11.4 Å². The molecule has 0 radical (unpaired) electrons. The first-order valence-corrected chi connectivity index (χ1v) is 9.33. The second-order valence-electron chi connectivity index (χ2n) is 7.15. The van der Waals surface area contributed by atoms with Gasteiger partial charge in [-0.05, 0) is 50.2 Å². The highest BCUT2D eigenvalue weighted by atomic mass is 16.5. The molecule has 0 aliphatic carbocycles. The molecule has 1 aromatic heterocycles.